The first-order chi connectivity index (χ1) is 13.1. The van der Waals surface area contributed by atoms with E-state index in [-0.39, 0.29) is 6.42 Å². The number of aliphatic carboxylic acids is 1. The zero-order valence-electron chi connectivity index (χ0n) is 14.7. The fourth-order valence-corrected chi connectivity index (χ4v) is 2.77. The Balaban J connectivity index is 1.76. The fourth-order valence-electron chi connectivity index (χ4n) is 2.77. The van der Waals surface area contributed by atoms with Crippen molar-refractivity contribution in [3.8, 4) is 0 Å². The number of methoxy groups -OCH3 is 1. The highest BCUT2D eigenvalue weighted by Crippen LogP contribution is 2.17. The summed E-state index contributed by atoms with van der Waals surface area (Å²) < 4.78 is 5.25. The molecule has 3 rings (SSSR count). The van der Waals surface area contributed by atoms with E-state index in [0.717, 1.165) is 5.52 Å². The predicted octanol–water partition coefficient (Wildman–Crippen LogP) is 2.13. The molecule has 1 amide bonds. The number of aromatic nitrogens is 2. The van der Waals surface area contributed by atoms with E-state index in [1.54, 1.807) is 30.3 Å². The molecule has 0 aliphatic carbocycles. The number of carboxylic acids is 1. The molecular weight excluding hydrogens is 346 g/mol. The lowest BCUT2D eigenvalue weighted by Crippen LogP contribution is -2.44. The number of amides is 1. The van der Waals surface area contributed by atoms with Gasteiger partial charge in [0.15, 0.2) is 6.10 Å². The number of hydrogen-bond acceptors (Lipinski definition) is 5. The van der Waals surface area contributed by atoms with Crippen LogP contribution in [0.4, 0.5) is 0 Å². The SMILES string of the molecule is CO[C@H](C(=O)N[C@H](Cc1cnc2ccccc2n1)C(=O)O)c1ccccc1. The van der Waals surface area contributed by atoms with Crippen LogP contribution in [-0.4, -0.2) is 40.1 Å². The molecule has 0 fully saturated rings. The molecule has 0 radical (unpaired) electrons. The van der Waals surface area contributed by atoms with E-state index < -0.39 is 24.0 Å². The lowest BCUT2D eigenvalue weighted by molar-refractivity contribution is -0.144. The van der Waals surface area contributed by atoms with Gasteiger partial charge in [0, 0.05) is 19.7 Å². The second-order valence-electron chi connectivity index (χ2n) is 5.98. The van der Waals surface area contributed by atoms with E-state index in [1.165, 1.54) is 13.3 Å². The first-order valence-corrected chi connectivity index (χ1v) is 8.40. The molecule has 1 heterocycles. The van der Waals surface area contributed by atoms with Crippen molar-refractivity contribution in [2.24, 2.45) is 0 Å². The maximum atomic E-state index is 12.6. The molecule has 138 valence electrons. The topological polar surface area (TPSA) is 101 Å². The van der Waals surface area contributed by atoms with Gasteiger partial charge in [0.2, 0.25) is 0 Å². The highest BCUT2D eigenvalue weighted by Gasteiger charge is 2.27. The first kappa shape index (κ1) is 18.5. The van der Waals surface area contributed by atoms with E-state index in [0.29, 0.717) is 16.8 Å². The molecule has 3 aromatic rings. The van der Waals surface area contributed by atoms with Gasteiger partial charge in [0.25, 0.3) is 5.91 Å². The summed E-state index contributed by atoms with van der Waals surface area (Å²) in [5.74, 6) is -1.67. The van der Waals surface area contributed by atoms with Gasteiger partial charge in [-0.1, -0.05) is 42.5 Å². The summed E-state index contributed by atoms with van der Waals surface area (Å²) in [5, 5.41) is 12.0. The Hall–Kier alpha value is -3.32. The van der Waals surface area contributed by atoms with Crippen molar-refractivity contribution in [1.29, 1.82) is 0 Å². The minimum Gasteiger partial charge on any atom is -0.480 e. The maximum Gasteiger partial charge on any atom is 0.326 e. The summed E-state index contributed by atoms with van der Waals surface area (Å²) in [6.45, 7) is 0. The fraction of sp³-hybridized carbons (Fsp3) is 0.200. The number of carbonyl (C=O) groups excluding carboxylic acids is 1. The summed E-state index contributed by atoms with van der Waals surface area (Å²) in [5.41, 5.74) is 2.52. The van der Waals surface area contributed by atoms with Gasteiger partial charge < -0.3 is 15.2 Å². The lowest BCUT2D eigenvalue weighted by atomic mass is 10.1. The molecule has 27 heavy (non-hydrogen) atoms. The largest absolute Gasteiger partial charge is 0.480 e. The molecule has 2 atom stereocenters. The van der Waals surface area contributed by atoms with E-state index in [2.05, 4.69) is 15.3 Å². The molecule has 7 nitrogen and oxygen atoms in total. The molecular formula is C20H19N3O4. The second-order valence-corrected chi connectivity index (χ2v) is 5.98. The average Bonchev–Trinajstić information content (AvgIpc) is 2.68. The van der Waals surface area contributed by atoms with Gasteiger partial charge in [0.1, 0.15) is 6.04 Å². The van der Waals surface area contributed by atoms with Crippen molar-refractivity contribution >= 4 is 22.9 Å². The molecule has 0 spiro atoms. The zero-order chi connectivity index (χ0) is 19.2. The predicted molar refractivity (Wildman–Crippen MR) is 99.0 cm³/mol. The Bertz CT molecular complexity index is 946. The standard InChI is InChI=1S/C20H19N3O4/c1-27-18(13-7-3-2-4-8-13)19(24)23-17(20(25)26)11-14-12-21-15-9-5-6-10-16(15)22-14/h2-10,12,17-18H,11H2,1H3,(H,23,24)(H,25,26)/t17-,18+/m1/s1. The van der Waals surface area contributed by atoms with Crippen LogP contribution in [0.2, 0.25) is 0 Å². The lowest BCUT2D eigenvalue weighted by Gasteiger charge is -2.19. The van der Waals surface area contributed by atoms with E-state index >= 15 is 0 Å². The normalized spacial score (nSPS) is 13.1. The van der Waals surface area contributed by atoms with E-state index in [9.17, 15) is 14.7 Å². The third kappa shape index (κ3) is 4.45. The second kappa shape index (κ2) is 8.37. The number of nitrogens with zero attached hydrogens (tertiary/aromatic N) is 2. The smallest absolute Gasteiger partial charge is 0.326 e. The molecule has 2 aromatic carbocycles. The molecule has 0 saturated carbocycles. The molecule has 0 aliphatic heterocycles. The monoisotopic (exact) mass is 365 g/mol. The van der Waals surface area contributed by atoms with Crippen LogP contribution in [0, 0.1) is 0 Å². The molecule has 7 heteroatoms. The van der Waals surface area contributed by atoms with Crippen LogP contribution < -0.4 is 5.32 Å². The Labute approximate surface area is 156 Å². The first-order valence-electron chi connectivity index (χ1n) is 8.40. The van der Waals surface area contributed by atoms with Gasteiger partial charge in [-0.05, 0) is 17.7 Å². The molecule has 0 aliphatic rings. The van der Waals surface area contributed by atoms with Crippen LogP contribution >= 0.6 is 0 Å². The molecule has 0 unspecified atom stereocenters. The van der Waals surface area contributed by atoms with Gasteiger partial charge in [-0.15, -0.1) is 0 Å². The number of para-hydroxylation sites is 2. The number of hydrogen-bond donors (Lipinski definition) is 2. The number of benzene rings is 2. The minimum atomic E-state index is -1.15. The van der Waals surface area contributed by atoms with Gasteiger partial charge >= 0.3 is 5.97 Å². The maximum absolute atomic E-state index is 12.6. The third-order valence-corrected chi connectivity index (χ3v) is 4.10. The summed E-state index contributed by atoms with van der Waals surface area (Å²) in [7, 11) is 1.40. The van der Waals surface area contributed by atoms with Crippen LogP contribution in [0.15, 0.2) is 60.8 Å². The quantitative estimate of drug-likeness (QED) is 0.665. The Morgan fingerprint density at radius 1 is 1.07 bits per heavy atom. The Morgan fingerprint density at radius 3 is 2.41 bits per heavy atom. The van der Waals surface area contributed by atoms with Gasteiger partial charge in [-0.25, -0.2) is 9.78 Å². The average molecular weight is 365 g/mol. The number of ether oxygens (including phenoxy) is 1. The number of carbonyl (C=O) groups is 2. The number of rotatable bonds is 7. The highest BCUT2D eigenvalue weighted by molar-refractivity contribution is 5.87. The number of carboxylic acid groups (broad SMARTS) is 1. The van der Waals surface area contributed by atoms with E-state index in [1.807, 2.05) is 24.3 Å². The van der Waals surface area contributed by atoms with Crippen molar-refractivity contribution in [3.05, 3.63) is 72.1 Å². The summed E-state index contributed by atoms with van der Waals surface area (Å²) >= 11 is 0. The van der Waals surface area contributed by atoms with Crippen LogP contribution in [0.1, 0.15) is 17.4 Å². The Morgan fingerprint density at radius 2 is 1.74 bits per heavy atom. The third-order valence-electron chi connectivity index (χ3n) is 4.10. The van der Waals surface area contributed by atoms with Gasteiger partial charge in [-0.2, -0.15) is 0 Å². The zero-order valence-corrected chi connectivity index (χ0v) is 14.7. The summed E-state index contributed by atoms with van der Waals surface area (Å²) in [6.07, 6.45) is 0.648. The highest BCUT2D eigenvalue weighted by atomic mass is 16.5. The molecule has 0 bridgehead atoms. The van der Waals surface area contributed by atoms with Crippen LogP contribution in [0.25, 0.3) is 11.0 Å². The van der Waals surface area contributed by atoms with Crippen molar-refractivity contribution in [2.75, 3.05) is 7.11 Å². The van der Waals surface area contributed by atoms with Gasteiger partial charge in [-0.3, -0.25) is 9.78 Å². The minimum absolute atomic E-state index is 0.0180. The van der Waals surface area contributed by atoms with Crippen molar-refractivity contribution in [1.82, 2.24) is 15.3 Å². The van der Waals surface area contributed by atoms with Crippen LogP contribution in [0.3, 0.4) is 0 Å². The number of fused-ring (bicyclic) bond motifs is 1. The molecule has 1 aromatic heterocycles. The van der Waals surface area contributed by atoms with Crippen LogP contribution in [-0.2, 0) is 20.7 Å². The molecule has 2 N–H and O–H groups in total. The van der Waals surface area contributed by atoms with Gasteiger partial charge in [0.05, 0.1) is 16.7 Å². The van der Waals surface area contributed by atoms with Crippen molar-refractivity contribution in [2.45, 2.75) is 18.6 Å². The number of nitrogens with one attached hydrogen (secondary N) is 1. The summed E-state index contributed by atoms with van der Waals surface area (Å²) in [6, 6.07) is 15.1. The summed E-state index contributed by atoms with van der Waals surface area (Å²) in [4.78, 5) is 32.9. The van der Waals surface area contributed by atoms with Crippen LogP contribution in [0.5, 0.6) is 0 Å². The van der Waals surface area contributed by atoms with Crippen molar-refractivity contribution < 1.29 is 19.4 Å². The molecule has 0 saturated heterocycles. The van der Waals surface area contributed by atoms with E-state index in [4.69, 9.17) is 4.74 Å². The van der Waals surface area contributed by atoms with Crippen molar-refractivity contribution in [3.63, 3.8) is 0 Å². The Kier molecular flexibility index (Phi) is 5.73.